The predicted molar refractivity (Wildman–Crippen MR) is 130 cm³/mol. The van der Waals surface area contributed by atoms with Gasteiger partial charge in [0.05, 0.1) is 6.04 Å². The first-order valence-corrected chi connectivity index (χ1v) is 11.4. The molecule has 0 unspecified atom stereocenters. The molecule has 2 amide bonds. The van der Waals surface area contributed by atoms with E-state index in [1.165, 1.54) is 0 Å². The van der Waals surface area contributed by atoms with Gasteiger partial charge in [0.1, 0.15) is 17.4 Å². The molecule has 0 radical (unpaired) electrons. The Morgan fingerprint density at radius 3 is 2.15 bits per heavy atom. The van der Waals surface area contributed by atoms with E-state index in [0.29, 0.717) is 13.1 Å². The predicted octanol–water partition coefficient (Wildman–Crippen LogP) is 5.58. The molecule has 1 aliphatic heterocycles. The standard InChI is InChI=1S/C28H27N3O2/c32-28(30-26(21-9-3-1-4-10-21)22-11-5-2-6-12-22)31-19-16-24(17-20-31)33-25-15-7-13-23-14-8-18-29-27(23)25/h1-15,18,24,26H,16-17,19-20H2,(H,30,32). The topological polar surface area (TPSA) is 54.5 Å². The third kappa shape index (κ3) is 4.82. The minimum atomic E-state index is -0.185. The molecule has 5 rings (SSSR count). The summed E-state index contributed by atoms with van der Waals surface area (Å²) in [6.45, 7) is 1.32. The number of nitrogens with one attached hydrogen (secondary N) is 1. The summed E-state index contributed by atoms with van der Waals surface area (Å²) in [4.78, 5) is 19.5. The zero-order valence-corrected chi connectivity index (χ0v) is 18.4. The highest BCUT2D eigenvalue weighted by molar-refractivity contribution is 5.84. The van der Waals surface area contributed by atoms with Crippen LogP contribution in [0.2, 0.25) is 0 Å². The number of likely N-dealkylation sites (tertiary alicyclic amines) is 1. The normalized spacial score (nSPS) is 14.4. The van der Waals surface area contributed by atoms with E-state index in [0.717, 1.165) is 40.6 Å². The minimum Gasteiger partial charge on any atom is -0.488 e. The highest BCUT2D eigenvalue weighted by Gasteiger charge is 2.26. The van der Waals surface area contributed by atoms with Gasteiger partial charge in [-0.2, -0.15) is 0 Å². The first-order chi connectivity index (χ1) is 16.3. The van der Waals surface area contributed by atoms with Crippen molar-refractivity contribution in [2.45, 2.75) is 25.0 Å². The van der Waals surface area contributed by atoms with Crippen LogP contribution in [0.4, 0.5) is 4.79 Å². The average Bonchev–Trinajstić information content (AvgIpc) is 2.89. The molecule has 0 bridgehead atoms. The Kier molecular flexibility index (Phi) is 6.20. The third-order valence-corrected chi connectivity index (χ3v) is 6.15. The Morgan fingerprint density at radius 1 is 0.848 bits per heavy atom. The molecule has 0 saturated carbocycles. The van der Waals surface area contributed by atoms with E-state index in [4.69, 9.17) is 4.74 Å². The van der Waals surface area contributed by atoms with Crippen molar-refractivity contribution in [1.82, 2.24) is 15.2 Å². The van der Waals surface area contributed by atoms with Crippen molar-refractivity contribution in [1.29, 1.82) is 0 Å². The van der Waals surface area contributed by atoms with Gasteiger partial charge in [-0.25, -0.2) is 4.79 Å². The number of amides is 2. The molecular formula is C28H27N3O2. The summed E-state index contributed by atoms with van der Waals surface area (Å²) in [5.74, 6) is 0.809. The molecule has 5 nitrogen and oxygen atoms in total. The number of pyridine rings is 1. The highest BCUT2D eigenvalue weighted by atomic mass is 16.5. The van der Waals surface area contributed by atoms with Crippen LogP contribution in [0.25, 0.3) is 10.9 Å². The molecular weight excluding hydrogens is 410 g/mol. The summed E-state index contributed by atoms with van der Waals surface area (Å²) in [6, 6.07) is 29.9. The number of urea groups is 1. The maximum atomic E-state index is 13.2. The van der Waals surface area contributed by atoms with Gasteiger partial charge in [-0.1, -0.05) is 78.9 Å². The van der Waals surface area contributed by atoms with Gasteiger partial charge in [0.15, 0.2) is 0 Å². The van der Waals surface area contributed by atoms with E-state index in [2.05, 4.69) is 34.6 Å². The molecule has 166 valence electrons. The monoisotopic (exact) mass is 437 g/mol. The van der Waals surface area contributed by atoms with Crippen molar-refractivity contribution < 1.29 is 9.53 Å². The molecule has 2 heterocycles. The lowest BCUT2D eigenvalue weighted by molar-refractivity contribution is 0.111. The Morgan fingerprint density at radius 2 is 1.48 bits per heavy atom. The number of piperidine rings is 1. The molecule has 1 fully saturated rings. The molecule has 3 aromatic carbocycles. The molecule has 33 heavy (non-hydrogen) atoms. The minimum absolute atomic E-state index is 0.0435. The molecule has 0 aliphatic carbocycles. The van der Waals surface area contributed by atoms with E-state index >= 15 is 0 Å². The summed E-state index contributed by atoms with van der Waals surface area (Å²) in [6.07, 6.45) is 3.44. The highest BCUT2D eigenvalue weighted by Crippen LogP contribution is 2.27. The number of benzene rings is 3. The number of carbonyl (C=O) groups excluding carboxylic acids is 1. The van der Waals surface area contributed by atoms with E-state index in [1.54, 1.807) is 6.20 Å². The zero-order chi connectivity index (χ0) is 22.5. The first kappa shape index (κ1) is 21.0. The van der Waals surface area contributed by atoms with Crippen LogP contribution in [0.15, 0.2) is 97.2 Å². The number of para-hydroxylation sites is 1. The second-order valence-electron chi connectivity index (χ2n) is 8.34. The number of nitrogens with zero attached hydrogens (tertiary/aromatic N) is 2. The molecule has 1 aliphatic rings. The van der Waals surface area contributed by atoms with Gasteiger partial charge in [-0.3, -0.25) is 4.98 Å². The lowest BCUT2D eigenvalue weighted by Crippen LogP contribution is -2.47. The molecule has 4 aromatic rings. The van der Waals surface area contributed by atoms with Gasteiger partial charge in [0.2, 0.25) is 0 Å². The Labute approximate surface area is 194 Å². The van der Waals surface area contributed by atoms with E-state index in [9.17, 15) is 4.79 Å². The smallest absolute Gasteiger partial charge is 0.318 e. The summed E-state index contributed by atoms with van der Waals surface area (Å²) >= 11 is 0. The summed E-state index contributed by atoms with van der Waals surface area (Å²) in [7, 11) is 0. The Bertz CT molecular complexity index is 1160. The van der Waals surface area contributed by atoms with Crippen LogP contribution in [0.1, 0.15) is 30.0 Å². The van der Waals surface area contributed by atoms with Gasteiger partial charge in [-0.05, 0) is 23.3 Å². The molecule has 1 aromatic heterocycles. The average molecular weight is 438 g/mol. The molecule has 0 atom stereocenters. The number of ether oxygens (including phenoxy) is 1. The number of rotatable bonds is 5. The number of carbonyl (C=O) groups is 1. The second kappa shape index (κ2) is 9.74. The summed E-state index contributed by atoms with van der Waals surface area (Å²) in [5.41, 5.74) is 3.02. The largest absolute Gasteiger partial charge is 0.488 e. The zero-order valence-electron chi connectivity index (χ0n) is 18.4. The molecule has 1 N–H and O–H groups in total. The number of hydrogen-bond donors (Lipinski definition) is 1. The van der Waals surface area contributed by atoms with Gasteiger partial charge in [0, 0.05) is 37.5 Å². The van der Waals surface area contributed by atoms with Crippen molar-refractivity contribution >= 4 is 16.9 Å². The van der Waals surface area contributed by atoms with Crippen LogP contribution in [0, 0.1) is 0 Å². The molecule has 1 saturated heterocycles. The molecule has 0 spiro atoms. The van der Waals surface area contributed by atoms with Crippen molar-refractivity contribution in [3.8, 4) is 5.75 Å². The van der Waals surface area contributed by atoms with E-state index in [-0.39, 0.29) is 18.2 Å². The Hall–Kier alpha value is -3.86. The first-order valence-electron chi connectivity index (χ1n) is 11.4. The van der Waals surface area contributed by atoms with E-state index < -0.39 is 0 Å². The lowest BCUT2D eigenvalue weighted by Gasteiger charge is -2.33. The fourth-order valence-electron chi connectivity index (χ4n) is 4.39. The lowest BCUT2D eigenvalue weighted by atomic mass is 9.99. The number of fused-ring (bicyclic) bond motifs is 1. The van der Waals surface area contributed by atoms with Crippen LogP contribution >= 0.6 is 0 Å². The quantitative estimate of drug-likeness (QED) is 0.444. The maximum absolute atomic E-state index is 13.2. The summed E-state index contributed by atoms with van der Waals surface area (Å²) < 4.78 is 6.30. The van der Waals surface area contributed by atoms with Crippen molar-refractivity contribution in [2.24, 2.45) is 0 Å². The van der Waals surface area contributed by atoms with Crippen LogP contribution in [0.3, 0.4) is 0 Å². The summed E-state index contributed by atoms with van der Waals surface area (Å²) in [5, 5.41) is 4.31. The van der Waals surface area contributed by atoms with Crippen LogP contribution in [-0.4, -0.2) is 35.1 Å². The van der Waals surface area contributed by atoms with Crippen LogP contribution in [-0.2, 0) is 0 Å². The van der Waals surface area contributed by atoms with Gasteiger partial charge < -0.3 is 15.0 Å². The van der Waals surface area contributed by atoms with Crippen LogP contribution < -0.4 is 10.1 Å². The van der Waals surface area contributed by atoms with E-state index in [1.807, 2.05) is 71.6 Å². The maximum Gasteiger partial charge on any atom is 0.318 e. The fourth-order valence-corrected chi connectivity index (χ4v) is 4.39. The van der Waals surface area contributed by atoms with Gasteiger partial charge in [-0.15, -0.1) is 0 Å². The fraction of sp³-hybridized carbons (Fsp3) is 0.214. The SMILES string of the molecule is O=C(NC(c1ccccc1)c1ccccc1)N1CCC(Oc2cccc3cccnc23)CC1. The number of hydrogen-bond acceptors (Lipinski definition) is 3. The van der Waals surface area contributed by atoms with Crippen LogP contribution in [0.5, 0.6) is 5.75 Å². The Balaban J connectivity index is 1.23. The van der Waals surface area contributed by atoms with Gasteiger partial charge >= 0.3 is 6.03 Å². The van der Waals surface area contributed by atoms with Crippen molar-refractivity contribution in [3.05, 3.63) is 108 Å². The number of aromatic nitrogens is 1. The van der Waals surface area contributed by atoms with Crippen molar-refractivity contribution in [2.75, 3.05) is 13.1 Å². The molecule has 5 heteroatoms. The van der Waals surface area contributed by atoms with Crippen molar-refractivity contribution in [3.63, 3.8) is 0 Å². The van der Waals surface area contributed by atoms with Gasteiger partial charge in [0.25, 0.3) is 0 Å². The second-order valence-corrected chi connectivity index (χ2v) is 8.34. The third-order valence-electron chi connectivity index (χ3n) is 6.15.